The van der Waals surface area contributed by atoms with Crippen LogP contribution < -0.4 is 9.62 Å². The SMILES string of the molecule is CCNC(=O)[C@H](C)N(Cc1ccccc1Cl)C(=O)CCCN(c1ccccc1F)S(C)(=O)=O. The molecule has 0 spiro atoms. The van der Waals surface area contributed by atoms with Crippen molar-refractivity contribution in [2.45, 2.75) is 39.3 Å². The predicted octanol–water partition coefficient (Wildman–Crippen LogP) is 3.58. The molecule has 180 valence electrons. The highest BCUT2D eigenvalue weighted by Gasteiger charge is 2.27. The summed E-state index contributed by atoms with van der Waals surface area (Å²) in [6.45, 7) is 3.87. The van der Waals surface area contributed by atoms with Crippen molar-refractivity contribution in [2.24, 2.45) is 0 Å². The summed E-state index contributed by atoms with van der Waals surface area (Å²) in [7, 11) is -3.76. The summed E-state index contributed by atoms with van der Waals surface area (Å²) in [5.74, 6) is -1.31. The molecule has 0 bridgehead atoms. The number of carbonyl (C=O) groups is 2. The zero-order chi connectivity index (χ0) is 24.6. The van der Waals surface area contributed by atoms with Crippen LogP contribution in [0.2, 0.25) is 5.02 Å². The average Bonchev–Trinajstić information content (AvgIpc) is 2.75. The Morgan fingerprint density at radius 3 is 2.36 bits per heavy atom. The molecule has 0 unspecified atom stereocenters. The molecule has 2 aromatic carbocycles. The third kappa shape index (κ3) is 7.43. The van der Waals surface area contributed by atoms with Crippen LogP contribution in [0.5, 0.6) is 0 Å². The number of benzene rings is 2. The second-order valence-corrected chi connectivity index (χ2v) is 9.89. The normalized spacial score (nSPS) is 12.2. The number of sulfonamides is 1. The van der Waals surface area contributed by atoms with E-state index < -0.39 is 21.9 Å². The summed E-state index contributed by atoms with van der Waals surface area (Å²) in [4.78, 5) is 27.0. The lowest BCUT2D eigenvalue weighted by molar-refractivity contribution is -0.140. The van der Waals surface area contributed by atoms with Crippen molar-refractivity contribution in [3.8, 4) is 0 Å². The van der Waals surface area contributed by atoms with Gasteiger partial charge in [0.25, 0.3) is 0 Å². The number of halogens is 2. The highest BCUT2D eigenvalue weighted by molar-refractivity contribution is 7.92. The Morgan fingerprint density at radius 1 is 1.12 bits per heavy atom. The van der Waals surface area contributed by atoms with Crippen LogP contribution in [-0.2, 0) is 26.2 Å². The van der Waals surface area contributed by atoms with Crippen molar-refractivity contribution in [3.05, 3.63) is 64.9 Å². The molecule has 0 saturated heterocycles. The molecule has 2 aromatic rings. The van der Waals surface area contributed by atoms with E-state index in [-0.39, 0.29) is 43.4 Å². The van der Waals surface area contributed by atoms with Crippen molar-refractivity contribution in [1.82, 2.24) is 10.2 Å². The van der Waals surface area contributed by atoms with E-state index in [2.05, 4.69) is 5.32 Å². The second kappa shape index (κ2) is 12.0. The summed E-state index contributed by atoms with van der Waals surface area (Å²) in [6, 6.07) is 11.8. The van der Waals surface area contributed by atoms with Crippen molar-refractivity contribution in [3.63, 3.8) is 0 Å². The lowest BCUT2D eigenvalue weighted by atomic mass is 10.1. The Balaban J connectivity index is 2.18. The van der Waals surface area contributed by atoms with E-state index in [4.69, 9.17) is 11.6 Å². The fourth-order valence-electron chi connectivity index (χ4n) is 3.35. The first kappa shape index (κ1) is 26.6. The maximum Gasteiger partial charge on any atom is 0.242 e. The van der Waals surface area contributed by atoms with Gasteiger partial charge in [-0.2, -0.15) is 0 Å². The number of hydrogen-bond donors (Lipinski definition) is 1. The van der Waals surface area contributed by atoms with Crippen LogP contribution >= 0.6 is 11.6 Å². The summed E-state index contributed by atoms with van der Waals surface area (Å²) in [5.41, 5.74) is 0.615. The monoisotopic (exact) mass is 497 g/mol. The van der Waals surface area contributed by atoms with Crippen LogP contribution in [0.1, 0.15) is 32.3 Å². The Hall–Kier alpha value is -2.65. The quantitative estimate of drug-likeness (QED) is 0.514. The van der Waals surface area contributed by atoms with Gasteiger partial charge in [0.1, 0.15) is 11.9 Å². The number of anilines is 1. The zero-order valence-corrected chi connectivity index (χ0v) is 20.5. The topological polar surface area (TPSA) is 86.8 Å². The molecule has 0 heterocycles. The van der Waals surface area contributed by atoms with Gasteiger partial charge in [0, 0.05) is 31.1 Å². The van der Waals surface area contributed by atoms with Gasteiger partial charge in [0.2, 0.25) is 21.8 Å². The molecule has 33 heavy (non-hydrogen) atoms. The molecule has 0 aromatic heterocycles. The van der Waals surface area contributed by atoms with Crippen molar-refractivity contribution < 1.29 is 22.4 Å². The summed E-state index contributed by atoms with van der Waals surface area (Å²) in [5, 5.41) is 3.18. The first-order chi connectivity index (χ1) is 15.6. The molecule has 1 atom stereocenters. The zero-order valence-electron chi connectivity index (χ0n) is 18.9. The number of para-hydroxylation sites is 1. The van der Waals surface area contributed by atoms with Crippen molar-refractivity contribution in [1.29, 1.82) is 0 Å². The molecule has 2 amide bonds. The fourth-order valence-corrected chi connectivity index (χ4v) is 4.51. The van der Waals surface area contributed by atoms with Crippen LogP contribution in [0, 0.1) is 5.82 Å². The lowest BCUT2D eigenvalue weighted by Gasteiger charge is -2.29. The number of hydrogen-bond acceptors (Lipinski definition) is 4. The van der Waals surface area contributed by atoms with E-state index in [1.165, 1.54) is 23.1 Å². The Morgan fingerprint density at radius 2 is 1.76 bits per heavy atom. The highest BCUT2D eigenvalue weighted by Crippen LogP contribution is 2.23. The molecular weight excluding hydrogens is 469 g/mol. The van der Waals surface area contributed by atoms with Gasteiger partial charge in [-0.1, -0.05) is 41.9 Å². The van der Waals surface area contributed by atoms with Crippen molar-refractivity contribution >= 4 is 39.1 Å². The van der Waals surface area contributed by atoms with Gasteiger partial charge in [-0.3, -0.25) is 13.9 Å². The Bertz CT molecular complexity index is 1080. The van der Waals surface area contributed by atoms with Crippen LogP contribution in [0.15, 0.2) is 48.5 Å². The highest BCUT2D eigenvalue weighted by atomic mass is 35.5. The molecule has 10 heteroatoms. The van der Waals surface area contributed by atoms with Crippen LogP contribution in [0.3, 0.4) is 0 Å². The van der Waals surface area contributed by atoms with Crippen LogP contribution in [-0.4, -0.2) is 50.5 Å². The van der Waals surface area contributed by atoms with Gasteiger partial charge in [0.15, 0.2) is 0 Å². The number of amides is 2. The standard InChI is InChI=1S/C23H29ClFN3O4S/c1-4-26-23(30)17(2)27(16-18-10-5-6-11-19(18)24)22(29)14-9-15-28(33(3,31)32)21-13-8-7-12-20(21)25/h5-8,10-13,17H,4,9,14-16H2,1-3H3,(H,26,30)/t17-/m0/s1. The van der Waals surface area contributed by atoms with E-state index >= 15 is 0 Å². The molecule has 0 aliphatic rings. The lowest BCUT2D eigenvalue weighted by Crippen LogP contribution is -2.47. The third-order valence-electron chi connectivity index (χ3n) is 5.09. The van der Waals surface area contributed by atoms with Gasteiger partial charge >= 0.3 is 0 Å². The molecule has 1 N–H and O–H groups in total. The van der Waals surface area contributed by atoms with E-state index in [1.54, 1.807) is 44.2 Å². The summed E-state index contributed by atoms with van der Waals surface area (Å²) in [6.07, 6.45) is 1.10. The molecule has 0 radical (unpaired) electrons. The number of nitrogens with one attached hydrogen (secondary N) is 1. The number of rotatable bonds is 11. The smallest absolute Gasteiger partial charge is 0.242 e. The molecule has 0 fully saturated rings. The van der Waals surface area contributed by atoms with E-state index in [0.717, 1.165) is 10.6 Å². The van der Waals surface area contributed by atoms with Gasteiger partial charge in [0.05, 0.1) is 11.9 Å². The maximum atomic E-state index is 14.2. The van der Waals surface area contributed by atoms with E-state index in [9.17, 15) is 22.4 Å². The van der Waals surface area contributed by atoms with Crippen LogP contribution in [0.4, 0.5) is 10.1 Å². The summed E-state index contributed by atoms with van der Waals surface area (Å²) < 4.78 is 39.6. The van der Waals surface area contributed by atoms with Gasteiger partial charge < -0.3 is 10.2 Å². The minimum Gasteiger partial charge on any atom is -0.355 e. The van der Waals surface area contributed by atoms with Gasteiger partial charge in [-0.15, -0.1) is 0 Å². The first-order valence-corrected chi connectivity index (χ1v) is 12.8. The molecule has 0 saturated carbocycles. The molecule has 0 aliphatic heterocycles. The molecule has 7 nitrogen and oxygen atoms in total. The van der Waals surface area contributed by atoms with E-state index in [1.807, 2.05) is 0 Å². The molecule has 2 rings (SSSR count). The largest absolute Gasteiger partial charge is 0.355 e. The predicted molar refractivity (Wildman–Crippen MR) is 128 cm³/mol. The van der Waals surface area contributed by atoms with Gasteiger partial charge in [-0.05, 0) is 44.0 Å². The average molecular weight is 498 g/mol. The molecule has 0 aliphatic carbocycles. The number of likely N-dealkylation sites (N-methyl/N-ethyl adjacent to an activating group) is 1. The second-order valence-electron chi connectivity index (χ2n) is 7.57. The molecular formula is C23H29ClFN3O4S. The van der Waals surface area contributed by atoms with Crippen LogP contribution in [0.25, 0.3) is 0 Å². The van der Waals surface area contributed by atoms with E-state index in [0.29, 0.717) is 17.1 Å². The number of nitrogens with zero attached hydrogens (tertiary/aromatic N) is 2. The van der Waals surface area contributed by atoms with Crippen molar-refractivity contribution in [2.75, 3.05) is 23.7 Å². The number of carbonyl (C=O) groups excluding carboxylic acids is 2. The first-order valence-electron chi connectivity index (χ1n) is 10.6. The Labute approximate surface area is 199 Å². The minimum absolute atomic E-state index is 0.0331. The maximum absolute atomic E-state index is 14.2. The summed E-state index contributed by atoms with van der Waals surface area (Å²) >= 11 is 6.25. The minimum atomic E-state index is -3.76. The fraction of sp³-hybridized carbons (Fsp3) is 0.391. The third-order valence-corrected chi connectivity index (χ3v) is 6.64. The van der Waals surface area contributed by atoms with Gasteiger partial charge in [-0.25, -0.2) is 12.8 Å². The Kier molecular flexibility index (Phi) is 9.67.